The SMILES string of the molecule is COC(=O)/C(Cl)=C1\CN2C(=O)CC2O1. The van der Waals surface area contributed by atoms with Crippen molar-refractivity contribution in [3.8, 4) is 0 Å². The number of halogens is 1. The maximum absolute atomic E-state index is 11.0. The Labute approximate surface area is 85.2 Å². The number of methoxy groups -OCH3 is 1. The number of rotatable bonds is 1. The molecule has 76 valence electrons. The highest BCUT2D eigenvalue weighted by molar-refractivity contribution is 6.41. The van der Waals surface area contributed by atoms with E-state index >= 15 is 0 Å². The van der Waals surface area contributed by atoms with Gasteiger partial charge in [-0.25, -0.2) is 4.79 Å². The molecular formula is C8H8ClNO4. The molecule has 2 saturated heterocycles. The number of hydrogen-bond acceptors (Lipinski definition) is 4. The molecule has 0 N–H and O–H groups in total. The highest BCUT2D eigenvalue weighted by Gasteiger charge is 2.45. The van der Waals surface area contributed by atoms with Gasteiger partial charge in [-0.05, 0) is 0 Å². The quantitative estimate of drug-likeness (QED) is 0.358. The van der Waals surface area contributed by atoms with Gasteiger partial charge in [0.15, 0.2) is 11.3 Å². The van der Waals surface area contributed by atoms with E-state index in [1.165, 1.54) is 12.0 Å². The van der Waals surface area contributed by atoms with Crippen LogP contribution in [-0.2, 0) is 19.1 Å². The number of fused-ring (bicyclic) bond motifs is 1. The van der Waals surface area contributed by atoms with Crippen LogP contribution in [-0.4, -0.2) is 36.7 Å². The number of β-lactam (4-membered cyclic amide) rings is 1. The van der Waals surface area contributed by atoms with Gasteiger partial charge in [-0.2, -0.15) is 0 Å². The first-order chi connectivity index (χ1) is 6.63. The lowest BCUT2D eigenvalue weighted by molar-refractivity contribution is -0.154. The smallest absolute Gasteiger partial charge is 0.353 e. The summed E-state index contributed by atoms with van der Waals surface area (Å²) in [5.74, 6) is -0.315. The van der Waals surface area contributed by atoms with Crippen LogP contribution in [0.25, 0.3) is 0 Å². The molecule has 2 rings (SSSR count). The van der Waals surface area contributed by atoms with Crippen LogP contribution in [0.3, 0.4) is 0 Å². The second-order valence-corrected chi connectivity index (χ2v) is 3.40. The summed E-state index contributed by atoms with van der Waals surface area (Å²) in [6.45, 7) is 0.261. The van der Waals surface area contributed by atoms with E-state index in [4.69, 9.17) is 16.3 Å². The average molecular weight is 218 g/mol. The number of carbonyl (C=O) groups excluding carboxylic acids is 2. The predicted octanol–water partition coefficient (Wildman–Crippen LogP) is 0.198. The summed E-state index contributed by atoms with van der Waals surface area (Å²) in [6, 6.07) is 0. The van der Waals surface area contributed by atoms with E-state index in [9.17, 15) is 9.59 Å². The zero-order valence-corrected chi connectivity index (χ0v) is 8.21. The molecule has 1 unspecified atom stereocenters. The topological polar surface area (TPSA) is 55.8 Å². The molecule has 6 heteroatoms. The number of hydrogen-bond donors (Lipinski definition) is 0. The van der Waals surface area contributed by atoms with Gasteiger partial charge in [0.05, 0.1) is 20.1 Å². The second kappa shape index (κ2) is 3.16. The molecule has 5 nitrogen and oxygen atoms in total. The molecule has 0 aliphatic carbocycles. The standard InChI is InChI=1S/C8H8ClNO4/c1-13-8(12)7(9)4-3-10-5(11)2-6(10)14-4/h6H,2-3H2,1H3/b7-4-. The summed E-state index contributed by atoms with van der Waals surface area (Å²) in [5.41, 5.74) is 0. The summed E-state index contributed by atoms with van der Waals surface area (Å²) in [4.78, 5) is 23.5. The molecule has 2 aliphatic rings. The van der Waals surface area contributed by atoms with E-state index in [0.717, 1.165) is 0 Å². The lowest BCUT2D eigenvalue weighted by Gasteiger charge is -2.30. The number of amides is 1. The van der Waals surface area contributed by atoms with E-state index in [2.05, 4.69) is 4.74 Å². The van der Waals surface area contributed by atoms with Crippen molar-refractivity contribution in [3.05, 3.63) is 10.8 Å². The van der Waals surface area contributed by atoms with Crippen LogP contribution in [0.1, 0.15) is 6.42 Å². The van der Waals surface area contributed by atoms with E-state index in [0.29, 0.717) is 12.2 Å². The molecule has 1 amide bonds. The Hall–Kier alpha value is -1.23. The minimum absolute atomic E-state index is 0.0133. The van der Waals surface area contributed by atoms with Crippen molar-refractivity contribution in [2.45, 2.75) is 12.6 Å². The van der Waals surface area contributed by atoms with Crippen LogP contribution in [0.2, 0.25) is 0 Å². The highest BCUT2D eigenvalue weighted by atomic mass is 35.5. The van der Waals surface area contributed by atoms with Crippen molar-refractivity contribution in [1.29, 1.82) is 0 Å². The number of nitrogens with zero attached hydrogens (tertiary/aromatic N) is 1. The third kappa shape index (κ3) is 1.24. The molecule has 0 aromatic rings. The molecule has 0 spiro atoms. The summed E-state index contributed by atoms with van der Waals surface area (Å²) in [5, 5.41) is -0.0882. The molecule has 0 bridgehead atoms. The molecule has 2 fully saturated rings. The summed E-state index contributed by atoms with van der Waals surface area (Å²) in [6.07, 6.45) is 0.116. The molecule has 2 heterocycles. The molecule has 0 radical (unpaired) electrons. The molecule has 0 aromatic carbocycles. The Bertz CT molecular complexity index is 338. The maximum atomic E-state index is 11.0. The van der Waals surface area contributed by atoms with Crippen molar-refractivity contribution in [1.82, 2.24) is 4.90 Å². The van der Waals surface area contributed by atoms with Gasteiger partial charge in [0.2, 0.25) is 5.91 Å². The van der Waals surface area contributed by atoms with Crippen molar-refractivity contribution in [2.75, 3.05) is 13.7 Å². The Morgan fingerprint density at radius 1 is 1.71 bits per heavy atom. The van der Waals surface area contributed by atoms with Crippen LogP contribution < -0.4 is 0 Å². The van der Waals surface area contributed by atoms with Crippen LogP contribution >= 0.6 is 11.6 Å². The molecule has 14 heavy (non-hydrogen) atoms. The van der Waals surface area contributed by atoms with Crippen molar-refractivity contribution in [3.63, 3.8) is 0 Å². The van der Waals surface area contributed by atoms with E-state index in [-0.39, 0.29) is 23.7 Å². The maximum Gasteiger partial charge on any atom is 0.353 e. The fraction of sp³-hybridized carbons (Fsp3) is 0.500. The summed E-state index contributed by atoms with van der Waals surface area (Å²) < 4.78 is 9.70. The van der Waals surface area contributed by atoms with E-state index < -0.39 is 5.97 Å². The highest BCUT2D eigenvalue weighted by Crippen LogP contribution is 2.33. The summed E-state index contributed by atoms with van der Waals surface area (Å²) >= 11 is 5.69. The van der Waals surface area contributed by atoms with Gasteiger partial charge >= 0.3 is 5.97 Å². The molecule has 0 aromatic heterocycles. The lowest BCUT2D eigenvalue weighted by Crippen LogP contribution is -2.48. The van der Waals surface area contributed by atoms with Gasteiger partial charge < -0.3 is 9.47 Å². The van der Waals surface area contributed by atoms with Crippen LogP contribution in [0.5, 0.6) is 0 Å². The largest absolute Gasteiger partial charge is 0.470 e. The first kappa shape index (κ1) is 9.33. The Morgan fingerprint density at radius 3 is 2.93 bits per heavy atom. The van der Waals surface area contributed by atoms with Crippen molar-refractivity contribution >= 4 is 23.5 Å². The number of esters is 1. The Balaban J connectivity index is 2.14. The molecule has 0 saturated carbocycles. The predicted molar refractivity (Wildman–Crippen MR) is 46.1 cm³/mol. The van der Waals surface area contributed by atoms with Crippen LogP contribution in [0.15, 0.2) is 10.8 Å². The monoisotopic (exact) mass is 217 g/mol. The number of carbonyl (C=O) groups is 2. The van der Waals surface area contributed by atoms with Crippen molar-refractivity contribution in [2.24, 2.45) is 0 Å². The van der Waals surface area contributed by atoms with E-state index in [1.54, 1.807) is 0 Å². The molecular weight excluding hydrogens is 210 g/mol. The first-order valence-electron chi connectivity index (χ1n) is 4.06. The Kier molecular flexibility index (Phi) is 2.11. The molecule has 1 atom stereocenters. The van der Waals surface area contributed by atoms with Gasteiger partial charge in [0.1, 0.15) is 5.76 Å². The number of ether oxygens (including phenoxy) is 2. The minimum Gasteiger partial charge on any atom is -0.470 e. The van der Waals surface area contributed by atoms with Gasteiger partial charge in [0, 0.05) is 0 Å². The third-order valence-corrected chi connectivity index (χ3v) is 2.58. The minimum atomic E-state index is -0.642. The zero-order chi connectivity index (χ0) is 10.3. The average Bonchev–Trinajstić information content (AvgIpc) is 2.53. The van der Waals surface area contributed by atoms with Gasteiger partial charge in [-0.15, -0.1) is 0 Å². The van der Waals surface area contributed by atoms with Gasteiger partial charge in [-0.3, -0.25) is 9.69 Å². The lowest BCUT2D eigenvalue weighted by atomic mass is 10.2. The van der Waals surface area contributed by atoms with Crippen LogP contribution in [0, 0.1) is 0 Å². The van der Waals surface area contributed by atoms with E-state index in [1.807, 2.05) is 0 Å². The normalized spacial score (nSPS) is 27.7. The third-order valence-electron chi connectivity index (χ3n) is 2.22. The fourth-order valence-corrected chi connectivity index (χ4v) is 1.58. The van der Waals surface area contributed by atoms with Crippen molar-refractivity contribution < 1.29 is 19.1 Å². The van der Waals surface area contributed by atoms with Crippen LogP contribution in [0.4, 0.5) is 0 Å². The Morgan fingerprint density at radius 2 is 2.43 bits per heavy atom. The summed E-state index contributed by atoms with van der Waals surface area (Å²) in [7, 11) is 1.24. The van der Waals surface area contributed by atoms with Gasteiger partial charge in [-0.1, -0.05) is 11.6 Å². The zero-order valence-electron chi connectivity index (χ0n) is 7.45. The second-order valence-electron chi connectivity index (χ2n) is 3.03. The molecule has 2 aliphatic heterocycles. The van der Waals surface area contributed by atoms with Gasteiger partial charge in [0.25, 0.3) is 0 Å². The fourth-order valence-electron chi connectivity index (χ4n) is 1.40. The first-order valence-corrected chi connectivity index (χ1v) is 4.44.